The van der Waals surface area contributed by atoms with Crippen LogP contribution in [-0.4, -0.2) is 64.4 Å². The number of carbonyl (C=O) groups excluding carboxylic acids is 1. The highest BCUT2D eigenvalue weighted by Gasteiger charge is 2.26. The number of hydrogen-bond acceptors (Lipinski definition) is 6. The quantitative estimate of drug-likeness (QED) is 0.194. The summed E-state index contributed by atoms with van der Waals surface area (Å²) in [6.07, 6.45) is 1.70. The molecule has 0 atom stereocenters. The van der Waals surface area contributed by atoms with E-state index in [1.165, 1.54) is 33.3 Å². The molecule has 0 radical (unpaired) electrons. The van der Waals surface area contributed by atoms with Crippen molar-refractivity contribution >= 4 is 22.8 Å². The fraction of sp³-hybridized carbons (Fsp3) is 0.342. The molecule has 0 saturated carbocycles. The molecule has 3 aromatic heterocycles. The number of pyridine rings is 2. The van der Waals surface area contributed by atoms with Gasteiger partial charge in [0, 0.05) is 72.3 Å². The van der Waals surface area contributed by atoms with Gasteiger partial charge in [0.05, 0.1) is 12.8 Å². The maximum absolute atomic E-state index is 12.5. The second-order valence-electron chi connectivity index (χ2n) is 13.1. The Balaban J connectivity index is 1.30. The number of ether oxygens (including phenoxy) is 2. The van der Waals surface area contributed by atoms with E-state index < -0.39 is 5.60 Å². The summed E-state index contributed by atoms with van der Waals surface area (Å²) in [4.78, 5) is 26.0. The summed E-state index contributed by atoms with van der Waals surface area (Å²) in [5.41, 5.74) is 9.70. The maximum Gasteiger partial charge on any atom is 0.410 e. The Hall–Kier alpha value is -4.85. The number of amides is 1. The number of piperazine rings is 1. The highest BCUT2D eigenvalue weighted by Crippen LogP contribution is 2.37. The largest absolute Gasteiger partial charge is 0.497 e. The van der Waals surface area contributed by atoms with Gasteiger partial charge in [-0.1, -0.05) is 24.3 Å². The zero-order valence-electron chi connectivity index (χ0n) is 27.9. The molecule has 1 aliphatic heterocycles. The van der Waals surface area contributed by atoms with Gasteiger partial charge in [-0.2, -0.15) is 0 Å². The van der Waals surface area contributed by atoms with Crippen molar-refractivity contribution in [2.75, 3.05) is 38.2 Å². The van der Waals surface area contributed by atoms with Gasteiger partial charge in [-0.3, -0.25) is 4.98 Å². The van der Waals surface area contributed by atoms with E-state index >= 15 is 0 Å². The molecular weight excluding hydrogens is 574 g/mol. The molecule has 1 saturated heterocycles. The summed E-state index contributed by atoms with van der Waals surface area (Å²) < 4.78 is 13.4. The van der Waals surface area contributed by atoms with E-state index in [1.807, 2.05) is 39.1 Å². The van der Waals surface area contributed by atoms with Crippen molar-refractivity contribution < 1.29 is 14.3 Å². The van der Waals surface area contributed by atoms with Crippen LogP contribution in [0.4, 0.5) is 10.6 Å². The number of anilines is 1. The lowest BCUT2D eigenvalue weighted by atomic mass is 10.0. The highest BCUT2D eigenvalue weighted by molar-refractivity contribution is 5.94. The summed E-state index contributed by atoms with van der Waals surface area (Å²) in [5, 5.41) is 1.23. The Morgan fingerprint density at radius 2 is 1.50 bits per heavy atom. The van der Waals surface area contributed by atoms with Gasteiger partial charge in [-0.25, -0.2) is 9.78 Å². The lowest BCUT2D eigenvalue weighted by Gasteiger charge is -2.36. The topological polar surface area (TPSA) is 72.7 Å². The van der Waals surface area contributed by atoms with Crippen LogP contribution in [0.5, 0.6) is 5.75 Å². The van der Waals surface area contributed by atoms with Gasteiger partial charge in [0.1, 0.15) is 17.2 Å². The van der Waals surface area contributed by atoms with Gasteiger partial charge in [0.2, 0.25) is 0 Å². The normalized spacial score (nSPS) is 13.7. The third-order valence-corrected chi connectivity index (χ3v) is 8.51. The van der Waals surface area contributed by atoms with Gasteiger partial charge in [0.25, 0.3) is 0 Å². The minimum absolute atomic E-state index is 0.254. The summed E-state index contributed by atoms with van der Waals surface area (Å²) in [6, 6.07) is 23.6. The number of nitrogens with zero attached hydrogens (tertiary/aromatic N) is 5. The summed E-state index contributed by atoms with van der Waals surface area (Å²) >= 11 is 0. The molecule has 5 aromatic rings. The number of fused-ring (bicyclic) bond motifs is 1. The molecule has 6 rings (SSSR count). The Bertz CT molecular complexity index is 1840. The second kappa shape index (κ2) is 12.5. The van der Waals surface area contributed by atoms with Crippen molar-refractivity contribution in [3.05, 3.63) is 95.4 Å². The van der Waals surface area contributed by atoms with Crippen LogP contribution in [0.2, 0.25) is 0 Å². The average molecular weight is 618 g/mol. The first-order valence-corrected chi connectivity index (χ1v) is 15.9. The molecule has 0 aliphatic carbocycles. The maximum atomic E-state index is 12.5. The van der Waals surface area contributed by atoms with Gasteiger partial charge < -0.3 is 23.8 Å². The van der Waals surface area contributed by atoms with E-state index in [-0.39, 0.29) is 6.09 Å². The molecule has 0 bridgehead atoms. The van der Waals surface area contributed by atoms with Crippen LogP contribution in [0.25, 0.3) is 33.3 Å². The minimum Gasteiger partial charge on any atom is -0.497 e. The first kappa shape index (κ1) is 31.1. The van der Waals surface area contributed by atoms with Gasteiger partial charge in [-0.15, -0.1) is 0 Å². The summed E-state index contributed by atoms with van der Waals surface area (Å²) in [5.74, 6) is 1.76. The monoisotopic (exact) mass is 617 g/mol. The smallest absolute Gasteiger partial charge is 0.410 e. The van der Waals surface area contributed by atoms with Crippen molar-refractivity contribution in [2.45, 2.75) is 53.7 Å². The van der Waals surface area contributed by atoms with E-state index in [2.05, 4.69) is 89.8 Å². The average Bonchev–Trinajstić information content (AvgIpc) is 3.30. The van der Waals surface area contributed by atoms with Gasteiger partial charge >= 0.3 is 6.09 Å². The molecular formula is C38H43N5O3. The number of rotatable bonds is 6. The minimum atomic E-state index is -0.497. The van der Waals surface area contributed by atoms with Crippen LogP contribution in [0.1, 0.15) is 43.3 Å². The first-order valence-electron chi connectivity index (χ1n) is 15.9. The lowest BCUT2D eigenvalue weighted by molar-refractivity contribution is 0.0240. The molecule has 8 heteroatoms. The fourth-order valence-corrected chi connectivity index (χ4v) is 6.31. The van der Waals surface area contributed by atoms with Crippen molar-refractivity contribution in [1.29, 1.82) is 0 Å². The van der Waals surface area contributed by atoms with Crippen LogP contribution in [0.3, 0.4) is 0 Å². The fourth-order valence-electron chi connectivity index (χ4n) is 6.31. The molecule has 1 amide bonds. The van der Waals surface area contributed by atoms with Crippen molar-refractivity contribution in [3.63, 3.8) is 0 Å². The van der Waals surface area contributed by atoms with Gasteiger partial charge in [-0.05, 0) is 101 Å². The van der Waals surface area contributed by atoms with Crippen LogP contribution in [0.15, 0.2) is 72.9 Å². The molecule has 1 aliphatic rings. The number of hydrogen-bond donors (Lipinski definition) is 0. The predicted octanol–water partition coefficient (Wildman–Crippen LogP) is 7.80. The second-order valence-corrected chi connectivity index (χ2v) is 13.1. The summed E-state index contributed by atoms with van der Waals surface area (Å²) in [7, 11) is 1.69. The van der Waals surface area contributed by atoms with E-state index in [0.717, 1.165) is 40.6 Å². The Labute approximate surface area is 271 Å². The summed E-state index contributed by atoms with van der Waals surface area (Å²) in [6.45, 7) is 15.4. The molecule has 8 nitrogen and oxygen atoms in total. The van der Waals surface area contributed by atoms with E-state index in [0.29, 0.717) is 26.2 Å². The van der Waals surface area contributed by atoms with Crippen molar-refractivity contribution in [3.8, 4) is 28.1 Å². The molecule has 0 N–H and O–H groups in total. The van der Waals surface area contributed by atoms with Crippen LogP contribution in [0, 0.1) is 20.8 Å². The number of benzene rings is 2. The Morgan fingerprint density at radius 3 is 2.11 bits per heavy atom. The van der Waals surface area contributed by atoms with E-state index in [1.54, 1.807) is 12.0 Å². The van der Waals surface area contributed by atoms with Crippen molar-refractivity contribution in [2.24, 2.45) is 0 Å². The third kappa shape index (κ3) is 6.57. The molecule has 46 heavy (non-hydrogen) atoms. The molecule has 0 unspecified atom stereocenters. The molecule has 0 spiro atoms. The number of aromatic nitrogens is 3. The van der Waals surface area contributed by atoms with Gasteiger partial charge in [0.15, 0.2) is 0 Å². The first-order chi connectivity index (χ1) is 22.0. The lowest BCUT2D eigenvalue weighted by Crippen LogP contribution is -2.50. The molecule has 4 heterocycles. The highest BCUT2D eigenvalue weighted by atomic mass is 16.6. The Kier molecular flexibility index (Phi) is 8.47. The third-order valence-electron chi connectivity index (χ3n) is 8.51. The number of methoxy groups -OCH3 is 1. The van der Waals surface area contributed by atoms with Crippen molar-refractivity contribution in [1.82, 2.24) is 19.4 Å². The molecule has 2 aromatic carbocycles. The van der Waals surface area contributed by atoms with Crippen LogP contribution in [-0.2, 0) is 11.3 Å². The number of aryl methyl sites for hydroxylation is 3. The van der Waals surface area contributed by atoms with E-state index in [9.17, 15) is 4.79 Å². The zero-order chi connectivity index (χ0) is 32.6. The van der Waals surface area contributed by atoms with Crippen LogP contribution >= 0.6 is 0 Å². The Morgan fingerprint density at radius 1 is 0.826 bits per heavy atom. The molecule has 1 fully saturated rings. The van der Waals surface area contributed by atoms with E-state index in [4.69, 9.17) is 14.5 Å². The number of carbonyl (C=O) groups is 1. The SMILES string of the molecule is COc1ccc(Cn2c(-c3cc(C)nc(C)c3)c(C)c3ccc(-c4ccc(N5CCN(C(=O)OC(C)(C)C)CC5)nc4)cc32)cc1. The molecule has 238 valence electrons. The standard InChI is InChI=1S/C38H43N5O3/c1-25-20-31(21-26(2)40-25)36-27(3)33-14-10-29(22-34(33)43(36)24-28-8-12-32(45-7)13-9-28)30-11-15-35(39-23-30)41-16-18-42(19-17-41)37(44)46-38(4,5)6/h8-15,20-23H,16-19,24H2,1-7H3. The van der Waals surface area contributed by atoms with Crippen LogP contribution < -0.4 is 9.64 Å². The predicted molar refractivity (Wildman–Crippen MR) is 185 cm³/mol. The zero-order valence-corrected chi connectivity index (χ0v) is 27.9.